The van der Waals surface area contributed by atoms with Crippen molar-refractivity contribution in [3.05, 3.63) is 100.0 Å². The van der Waals surface area contributed by atoms with Crippen LogP contribution in [0.3, 0.4) is 0 Å². The van der Waals surface area contributed by atoms with Crippen LogP contribution in [-0.4, -0.2) is 16.4 Å². The Bertz CT molecular complexity index is 1010. The van der Waals surface area contributed by atoms with Crippen LogP contribution in [0.1, 0.15) is 26.3 Å². The third-order valence-electron chi connectivity index (χ3n) is 3.90. The Morgan fingerprint density at radius 2 is 1.54 bits per heavy atom. The van der Waals surface area contributed by atoms with Crippen LogP contribution in [0.25, 0.3) is 0 Å². The number of aromatic nitrogens is 1. The number of carbonyl (C=O) groups is 2. The quantitative estimate of drug-likeness (QED) is 0.741. The lowest BCUT2D eigenvalue weighted by Crippen LogP contribution is -2.29. The van der Waals surface area contributed by atoms with Gasteiger partial charge in [0.05, 0.1) is 17.8 Å². The minimum absolute atomic E-state index is 0.0114. The van der Waals surface area contributed by atoms with E-state index in [0.717, 1.165) is 5.56 Å². The first-order valence-corrected chi connectivity index (χ1v) is 8.00. The van der Waals surface area contributed by atoms with Gasteiger partial charge in [0.2, 0.25) is 0 Å². The molecule has 0 saturated heterocycles. The molecule has 2 amide bonds. The molecule has 1 heterocycles. The molecule has 0 atom stereocenters. The first kappa shape index (κ1) is 17.2. The third-order valence-corrected chi connectivity index (χ3v) is 3.90. The first-order chi connectivity index (χ1) is 12.6. The first-order valence-electron chi connectivity index (χ1n) is 8.00. The second-order valence-electron chi connectivity index (χ2n) is 5.70. The van der Waals surface area contributed by atoms with Crippen LogP contribution in [0, 0.1) is 0 Å². The maximum Gasteiger partial charge on any atom is 0.263 e. The average molecular weight is 347 g/mol. The SMILES string of the molecule is NC(=O)c1ccccc1NC(=O)c1cccn(Cc2ccccc2)c1=O. The number of carbonyl (C=O) groups excluding carboxylic acids is 2. The van der Waals surface area contributed by atoms with Crippen LogP contribution in [0.2, 0.25) is 0 Å². The smallest absolute Gasteiger partial charge is 0.263 e. The van der Waals surface area contributed by atoms with Crippen LogP contribution in [0.5, 0.6) is 0 Å². The number of pyridine rings is 1. The third kappa shape index (κ3) is 3.70. The molecule has 3 aromatic rings. The number of hydrogen-bond acceptors (Lipinski definition) is 3. The molecule has 0 radical (unpaired) electrons. The molecule has 26 heavy (non-hydrogen) atoms. The molecule has 1 aromatic heterocycles. The van der Waals surface area contributed by atoms with Crippen LogP contribution in [0.4, 0.5) is 5.69 Å². The fraction of sp³-hybridized carbons (Fsp3) is 0.0500. The van der Waals surface area contributed by atoms with Crippen molar-refractivity contribution in [1.82, 2.24) is 4.57 Å². The standard InChI is InChI=1S/C20H17N3O3/c21-18(24)15-9-4-5-11-17(15)22-19(25)16-10-6-12-23(20(16)26)13-14-7-2-1-3-8-14/h1-12H,13H2,(H2,21,24)(H,22,25). The number of hydrogen-bond donors (Lipinski definition) is 2. The zero-order valence-corrected chi connectivity index (χ0v) is 13.9. The van der Waals surface area contributed by atoms with Crippen molar-refractivity contribution in [3.8, 4) is 0 Å². The molecule has 0 aliphatic carbocycles. The van der Waals surface area contributed by atoms with E-state index in [0.29, 0.717) is 6.54 Å². The molecule has 0 unspecified atom stereocenters. The summed E-state index contributed by atoms with van der Waals surface area (Å²) in [6, 6.07) is 18.9. The largest absolute Gasteiger partial charge is 0.366 e. The number of nitrogens with two attached hydrogens (primary N) is 1. The van der Waals surface area contributed by atoms with Gasteiger partial charge in [-0.05, 0) is 29.8 Å². The highest BCUT2D eigenvalue weighted by Crippen LogP contribution is 2.15. The minimum Gasteiger partial charge on any atom is -0.366 e. The van der Waals surface area contributed by atoms with Gasteiger partial charge < -0.3 is 15.6 Å². The van der Waals surface area contributed by atoms with E-state index in [1.807, 2.05) is 30.3 Å². The van der Waals surface area contributed by atoms with Gasteiger partial charge in [-0.3, -0.25) is 14.4 Å². The van der Waals surface area contributed by atoms with E-state index in [1.165, 1.54) is 16.7 Å². The van der Waals surface area contributed by atoms with Gasteiger partial charge in [0.1, 0.15) is 5.56 Å². The van der Waals surface area contributed by atoms with Gasteiger partial charge in [0.15, 0.2) is 0 Å². The van der Waals surface area contributed by atoms with Gasteiger partial charge in [0, 0.05) is 6.20 Å². The minimum atomic E-state index is -0.657. The van der Waals surface area contributed by atoms with E-state index >= 15 is 0 Å². The second-order valence-corrected chi connectivity index (χ2v) is 5.70. The highest BCUT2D eigenvalue weighted by atomic mass is 16.2. The molecule has 0 aliphatic rings. The molecule has 6 heteroatoms. The zero-order chi connectivity index (χ0) is 18.5. The van der Waals surface area contributed by atoms with Crippen molar-refractivity contribution in [2.75, 3.05) is 5.32 Å². The van der Waals surface area contributed by atoms with Crippen LogP contribution >= 0.6 is 0 Å². The predicted molar refractivity (Wildman–Crippen MR) is 99.2 cm³/mol. The number of para-hydroxylation sites is 1. The second kappa shape index (κ2) is 7.48. The van der Waals surface area contributed by atoms with Gasteiger partial charge in [-0.1, -0.05) is 42.5 Å². The molecule has 0 spiro atoms. The summed E-state index contributed by atoms with van der Waals surface area (Å²) in [4.78, 5) is 36.6. The summed E-state index contributed by atoms with van der Waals surface area (Å²) >= 11 is 0. The van der Waals surface area contributed by atoms with Crippen molar-refractivity contribution >= 4 is 17.5 Å². The number of rotatable bonds is 5. The summed E-state index contributed by atoms with van der Waals surface area (Å²) in [5.41, 5.74) is 6.29. The number of amides is 2. The normalized spacial score (nSPS) is 10.3. The van der Waals surface area contributed by atoms with E-state index < -0.39 is 17.4 Å². The van der Waals surface area contributed by atoms with Crippen LogP contribution < -0.4 is 16.6 Å². The summed E-state index contributed by atoms with van der Waals surface area (Å²) in [5, 5.41) is 2.59. The molecule has 6 nitrogen and oxygen atoms in total. The van der Waals surface area contributed by atoms with Gasteiger partial charge >= 0.3 is 0 Å². The Balaban J connectivity index is 1.88. The number of anilines is 1. The topological polar surface area (TPSA) is 94.2 Å². The van der Waals surface area contributed by atoms with Crippen molar-refractivity contribution in [2.24, 2.45) is 5.73 Å². The number of benzene rings is 2. The lowest BCUT2D eigenvalue weighted by Gasteiger charge is -2.10. The molecule has 130 valence electrons. The maximum absolute atomic E-state index is 12.6. The molecular formula is C20H17N3O3. The number of primary amides is 1. The van der Waals surface area contributed by atoms with E-state index in [1.54, 1.807) is 30.5 Å². The summed E-state index contributed by atoms with van der Waals surface area (Å²) in [6.45, 7) is 0.360. The number of nitrogens with one attached hydrogen (secondary N) is 1. The molecule has 0 fully saturated rings. The summed E-state index contributed by atoms with van der Waals surface area (Å²) in [7, 11) is 0. The Kier molecular flexibility index (Phi) is 4.94. The zero-order valence-electron chi connectivity index (χ0n) is 13.9. The van der Waals surface area contributed by atoms with Gasteiger partial charge in [-0.15, -0.1) is 0 Å². The highest BCUT2D eigenvalue weighted by molar-refractivity contribution is 6.08. The molecule has 0 saturated carbocycles. The molecule has 3 N–H and O–H groups in total. The Morgan fingerprint density at radius 3 is 2.27 bits per heavy atom. The summed E-state index contributed by atoms with van der Waals surface area (Å²) < 4.78 is 1.46. The van der Waals surface area contributed by atoms with Crippen molar-refractivity contribution in [3.63, 3.8) is 0 Å². The van der Waals surface area contributed by atoms with Crippen molar-refractivity contribution < 1.29 is 9.59 Å². The summed E-state index contributed by atoms with van der Waals surface area (Å²) in [5.74, 6) is -1.25. The lowest BCUT2D eigenvalue weighted by molar-refractivity contribution is 0.100. The molecular weight excluding hydrogens is 330 g/mol. The molecule has 0 bridgehead atoms. The van der Waals surface area contributed by atoms with E-state index in [2.05, 4.69) is 5.32 Å². The average Bonchev–Trinajstić information content (AvgIpc) is 2.64. The van der Waals surface area contributed by atoms with Gasteiger partial charge in [0.25, 0.3) is 17.4 Å². The maximum atomic E-state index is 12.6. The Morgan fingerprint density at radius 1 is 0.885 bits per heavy atom. The van der Waals surface area contributed by atoms with Crippen molar-refractivity contribution in [1.29, 1.82) is 0 Å². The van der Waals surface area contributed by atoms with E-state index in [-0.39, 0.29) is 16.8 Å². The van der Waals surface area contributed by atoms with E-state index in [9.17, 15) is 14.4 Å². The summed E-state index contributed by atoms with van der Waals surface area (Å²) in [6.07, 6.45) is 1.63. The lowest BCUT2D eigenvalue weighted by atomic mass is 10.1. The fourth-order valence-corrected chi connectivity index (χ4v) is 2.61. The predicted octanol–water partition coefficient (Wildman–Crippen LogP) is 2.25. The Hall–Kier alpha value is -3.67. The highest BCUT2D eigenvalue weighted by Gasteiger charge is 2.15. The molecule has 3 rings (SSSR count). The Labute approximate surface area is 149 Å². The van der Waals surface area contributed by atoms with Crippen LogP contribution in [-0.2, 0) is 6.54 Å². The van der Waals surface area contributed by atoms with E-state index in [4.69, 9.17) is 5.73 Å². The fourth-order valence-electron chi connectivity index (χ4n) is 2.61. The van der Waals surface area contributed by atoms with Crippen LogP contribution in [0.15, 0.2) is 77.7 Å². The monoisotopic (exact) mass is 347 g/mol. The molecule has 0 aliphatic heterocycles. The van der Waals surface area contributed by atoms with Crippen molar-refractivity contribution in [2.45, 2.75) is 6.54 Å². The van der Waals surface area contributed by atoms with Gasteiger partial charge in [-0.25, -0.2) is 0 Å². The van der Waals surface area contributed by atoms with Gasteiger partial charge in [-0.2, -0.15) is 0 Å². The molecule has 2 aromatic carbocycles. The number of nitrogens with zero attached hydrogens (tertiary/aromatic N) is 1.